The number of rotatable bonds is 5. The second-order valence-corrected chi connectivity index (χ2v) is 3.98. The second kappa shape index (κ2) is 7.27. The van der Waals surface area contributed by atoms with Gasteiger partial charge in [-0.15, -0.1) is 0 Å². The lowest BCUT2D eigenvalue weighted by Gasteiger charge is -2.02. The summed E-state index contributed by atoms with van der Waals surface area (Å²) in [4.78, 5) is 21.6. The molecule has 0 aromatic heterocycles. The maximum absolute atomic E-state index is 10.9. The second-order valence-electron chi connectivity index (χ2n) is 3.98. The van der Waals surface area contributed by atoms with Crippen molar-refractivity contribution in [2.24, 2.45) is 0 Å². The quantitative estimate of drug-likeness (QED) is 0.782. The molecule has 0 saturated carbocycles. The fourth-order valence-electron chi connectivity index (χ4n) is 1.47. The van der Waals surface area contributed by atoms with E-state index in [-0.39, 0.29) is 11.8 Å². The number of hydrogen-bond acceptors (Lipinski definition) is 2. The van der Waals surface area contributed by atoms with E-state index >= 15 is 0 Å². The highest BCUT2D eigenvalue weighted by Gasteiger charge is 1.95. The van der Waals surface area contributed by atoms with Crippen molar-refractivity contribution in [2.45, 2.75) is 20.3 Å². The Morgan fingerprint density at radius 2 is 2.00 bits per heavy atom. The third-order valence-electron chi connectivity index (χ3n) is 2.20. The summed E-state index contributed by atoms with van der Waals surface area (Å²) in [5.41, 5.74) is 1.80. The van der Waals surface area contributed by atoms with Crippen molar-refractivity contribution in [3.8, 4) is 0 Å². The molecule has 18 heavy (non-hydrogen) atoms. The summed E-state index contributed by atoms with van der Waals surface area (Å²) in [7, 11) is 0. The highest BCUT2D eigenvalue weighted by molar-refractivity contribution is 5.88. The molecular weight excluding hydrogens is 228 g/mol. The van der Waals surface area contributed by atoms with E-state index in [1.165, 1.54) is 13.8 Å². The van der Waals surface area contributed by atoms with E-state index in [4.69, 9.17) is 0 Å². The number of anilines is 1. The zero-order valence-electron chi connectivity index (χ0n) is 10.7. The molecule has 4 nitrogen and oxygen atoms in total. The molecule has 0 aliphatic carbocycles. The summed E-state index contributed by atoms with van der Waals surface area (Å²) in [5, 5.41) is 5.45. The first-order valence-electron chi connectivity index (χ1n) is 5.86. The van der Waals surface area contributed by atoms with Crippen molar-refractivity contribution >= 4 is 23.6 Å². The zero-order valence-corrected chi connectivity index (χ0v) is 10.7. The number of hydrogen-bond donors (Lipinski definition) is 2. The van der Waals surface area contributed by atoms with Gasteiger partial charge in [-0.1, -0.05) is 24.3 Å². The van der Waals surface area contributed by atoms with Gasteiger partial charge in [-0.05, 0) is 24.1 Å². The minimum absolute atomic E-state index is 0.0175. The SMILES string of the molecule is CC(=O)NCCC=Cc1cccc(NC(C)=O)c1. The van der Waals surface area contributed by atoms with E-state index in [0.717, 1.165) is 17.7 Å². The van der Waals surface area contributed by atoms with Crippen molar-refractivity contribution in [3.63, 3.8) is 0 Å². The third kappa shape index (κ3) is 5.84. The topological polar surface area (TPSA) is 58.2 Å². The molecule has 0 saturated heterocycles. The van der Waals surface area contributed by atoms with Gasteiger partial charge in [0.05, 0.1) is 0 Å². The monoisotopic (exact) mass is 246 g/mol. The van der Waals surface area contributed by atoms with Crippen LogP contribution < -0.4 is 10.6 Å². The van der Waals surface area contributed by atoms with Crippen LogP contribution in [0.25, 0.3) is 6.08 Å². The van der Waals surface area contributed by atoms with E-state index in [9.17, 15) is 9.59 Å². The van der Waals surface area contributed by atoms with Crippen LogP contribution in [0.1, 0.15) is 25.8 Å². The van der Waals surface area contributed by atoms with Crippen molar-refractivity contribution in [1.29, 1.82) is 0 Å². The van der Waals surface area contributed by atoms with Gasteiger partial charge in [0.2, 0.25) is 11.8 Å². The van der Waals surface area contributed by atoms with Crippen LogP contribution in [0.5, 0.6) is 0 Å². The Bertz CT molecular complexity index is 453. The Kier molecular flexibility index (Phi) is 5.64. The van der Waals surface area contributed by atoms with Gasteiger partial charge in [-0.2, -0.15) is 0 Å². The van der Waals surface area contributed by atoms with Crippen molar-refractivity contribution in [1.82, 2.24) is 5.32 Å². The smallest absolute Gasteiger partial charge is 0.221 e. The van der Waals surface area contributed by atoms with Crippen molar-refractivity contribution < 1.29 is 9.59 Å². The predicted molar refractivity (Wildman–Crippen MR) is 73.1 cm³/mol. The number of carbonyl (C=O) groups excluding carboxylic acids is 2. The minimum atomic E-state index is -0.0817. The molecule has 0 fully saturated rings. The van der Waals surface area contributed by atoms with Crippen LogP contribution in [0.15, 0.2) is 30.3 Å². The van der Waals surface area contributed by atoms with Crippen molar-refractivity contribution in [2.75, 3.05) is 11.9 Å². The minimum Gasteiger partial charge on any atom is -0.356 e. The maximum Gasteiger partial charge on any atom is 0.221 e. The molecule has 0 spiro atoms. The molecule has 0 aliphatic rings. The summed E-state index contributed by atoms with van der Waals surface area (Å²) < 4.78 is 0. The molecule has 1 aromatic rings. The summed E-state index contributed by atoms with van der Waals surface area (Å²) in [6.45, 7) is 3.62. The average molecular weight is 246 g/mol. The van der Waals surface area contributed by atoms with Gasteiger partial charge in [-0.3, -0.25) is 9.59 Å². The molecule has 0 aliphatic heterocycles. The number of carbonyl (C=O) groups is 2. The number of amides is 2. The first-order valence-corrected chi connectivity index (χ1v) is 5.86. The molecule has 2 amide bonds. The first kappa shape index (κ1) is 14.0. The predicted octanol–water partition coefficient (Wildman–Crippen LogP) is 2.18. The normalized spacial score (nSPS) is 10.3. The van der Waals surface area contributed by atoms with Gasteiger partial charge >= 0.3 is 0 Å². The largest absolute Gasteiger partial charge is 0.356 e. The fraction of sp³-hybridized carbons (Fsp3) is 0.286. The van der Waals surface area contributed by atoms with Crippen LogP contribution >= 0.6 is 0 Å². The highest BCUT2D eigenvalue weighted by Crippen LogP contribution is 2.12. The van der Waals surface area contributed by atoms with Crippen LogP contribution in [0.3, 0.4) is 0 Å². The van der Waals surface area contributed by atoms with Gasteiger partial charge in [0.15, 0.2) is 0 Å². The lowest BCUT2D eigenvalue weighted by Crippen LogP contribution is -2.20. The van der Waals surface area contributed by atoms with E-state index in [1.54, 1.807) is 0 Å². The van der Waals surface area contributed by atoms with Gasteiger partial charge in [0, 0.05) is 26.1 Å². The molecule has 1 rings (SSSR count). The zero-order chi connectivity index (χ0) is 13.4. The van der Waals surface area contributed by atoms with Crippen LogP contribution in [0.4, 0.5) is 5.69 Å². The van der Waals surface area contributed by atoms with Crippen LogP contribution in [-0.4, -0.2) is 18.4 Å². The summed E-state index contributed by atoms with van der Waals surface area (Å²) in [6.07, 6.45) is 4.74. The molecule has 0 heterocycles. The number of nitrogens with one attached hydrogen (secondary N) is 2. The lowest BCUT2D eigenvalue weighted by molar-refractivity contribution is -0.119. The first-order chi connectivity index (χ1) is 8.58. The van der Waals surface area contributed by atoms with Gasteiger partial charge in [0.1, 0.15) is 0 Å². The lowest BCUT2D eigenvalue weighted by atomic mass is 10.1. The molecule has 0 radical (unpaired) electrons. The van der Waals surface area contributed by atoms with Crippen LogP contribution in [-0.2, 0) is 9.59 Å². The summed E-state index contributed by atoms with van der Waals surface area (Å²) >= 11 is 0. The molecular formula is C14H18N2O2. The van der Waals surface area contributed by atoms with Crippen LogP contribution in [0, 0.1) is 0 Å². The molecule has 2 N–H and O–H groups in total. The van der Waals surface area contributed by atoms with Gasteiger partial charge in [-0.25, -0.2) is 0 Å². The van der Waals surface area contributed by atoms with E-state index in [0.29, 0.717) is 6.54 Å². The number of benzene rings is 1. The summed E-state index contributed by atoms with van der Waals surface area (Å²) in [6, 6.07) is 7.59. The molecule has 0 bridgehead atoms. The highest BCUT2D eigenvalue weighted by atomic mass is 16.2. The molecule has 4 heteroatoms. The standard InChI is InChI=1S/C14H18N2O2/c1-11(17)15-9-4-3-6-13-7-5-8-14(10-13)16-12(2)18/h3,5-8,10H,4,9H2,1-2H3,(H,15,17)(H,16,18). The average Bonchev–Trinajstić information content (AvgIpc) is 2.27. The Balaban J connectivity index is 2.48. The summed E-state index contributed by atoms with van der Waals surface area (Å²) in [5.74, 6) is -0.0992. The molecule has 0 unspecified atom stereocenters. The Morgan fingerprint density at radius 3 is 2.67 bits per heavy atom. The fourth-order valence-corrected chi connectivity index (χ4v) is 1.47. The van der Waals surface area contributed by atoms with Crippen molar-refractivity contribution in [3.05, 3.63) is 35.9 Å². The Hall–Kier alpha value is -2.10. The van der Waals surface area contributed by atoms with Crippen LogP contribution in [0.2, 0.25) is 0 Å². The van der Waals surface area contributed by atoms with E-state index in [1.807, 2.05) is 36.4 Å². The van der Waals surface area contributed by atoms with Gasteiger partial charge in [0.25, 0.3) is 0 Å². The molecule has 1 aromatic carbocycles. The maximum atomic E-state index is 10.9. The molecule has 0 atom stereocenters. The van der Waals surface area contributed by atoms with E-state index < -0.39 is 0 Å². The van der Waals surface area contributed by atoms with Gasteiger partial charge < -0.3 is 10.6 Å². The third-order valence-corrected chi connectivity index (χ3v) is 2.20. The Morgan fingerprint density at radius 1 is 1.22 bits per heavy atom. The Labute approximate surface area is 107 Å². The van der Waals surface area contributed by atoms with E-state index in [2.05, 4.69) is 10.6 Å². The molecule has 96 valence electrons.